The molecule has 3 aliphatic heterocycles. The zero-order valence-electron chi connectivity index (χ0n) is 13.1. The highest BCUT2D eigenvalue weighted by molar-refractivity contribution is 5.89. The molecule has 1 atom stereocenters. The molecule has 120 valence electrons. The number of carbonyl (C=O) groups is 1. The van der Waals surface area contributed by atoms with Gasteiger partial charge in [-0.15, -0.1) is 12.4 Å². The lowest BCUT2D eigenvalue weighted by Crippen LogP contribution is -2.57. The van der Waals surface area contributed by atoms with E-state index in [-0.39, 0.29) is 30.3 Å². The highest BCUT2D eigenvalue weighted by Crippen LogP contribution is 2.39. The molecule has 0 radical (unpaired) electrons. The average molecular weight is 328 g/mol. The first-order chi connectivity index (χ1) is 10.8. The van der Waals surface area contributed by atoms with Gasteiger partial charge in [0.1, 0.15) is 0 Å². The molecule has 0 saturated carbocycles. The summed E-state index contributed by atoms with van der Waals surface area (Å²) in [4.78, 5) is 15.3. The number of halogens is 1. The van der Waals surface area contributed by atoms with Crippen LogP contribution in [0.25, 0.3) is 0 Å². The second-order valence-corrected chi connectivity index (χ2v) is 6.46. The van der Waals surface area contributed by atoms with Crippen molar-refractivity contribution in [3.8, 4) is 0 Å². The van der Waals surface area contributed by atoms with Crippen molar-refractivity contribution in [1.29, 1.82) is 0 Å². The van der Waals surface area contributed by atoms with Gasteiger partial charge in [0.05, 0.1) is 6.04 Å². The molecule has 3 fully saturated rings. The second-order valence-electron chi connectivity index (χ2n) is 6.46. The third kappa shape index (κ3) is 2.93. The fourth-order valence-corrected chi connectivity index (χ4v) is 4.14. The van der Waals surface area contributed by atoms with Gasteiger partial charge in [0, 0.05) is 11.8 Å². The van der Waals surface area contributed by atoms with Gasteiger partial charge in [-0.1, -0.05) is 60.7 Å². The SMILES string of the molecule is Cl.O=C1C2CCN(CC2)C1C(c1ccccc1)c1ccccc1. The molecule has 2 bridgehead atoms. The van der Waals surface area contributed by atoms with Crippen molar-refractivity contribution in [3.63, 3.8) is 0 Å². The predicted octanol–water partition coefficient (Wildman–Crippen LogP) is 3.90. The first-order valence-electron chi connectivity index (χ1n) is 8.22. The second kappa shape index (κ2) is 6.86. The quantitative estimate of drug-likeness (QED) is 0.852. The Labute approximate surface area is 143 Å². The molecule has 0 amide bonds. The van der Waals surface area contributed by atoms with Crippen LogP contribution in [-0.4, -0.2) is 29.8 Å². The topological polar surface area (TPSA) is 20.3 Å². The Kier molecular flexibility index (Phi) is 4.84. The number of carbonyl (C=O) groups excluding carboxylic acids is 1. The van der Waals surface area contributed by atoms with Crippen LogP contribution in [0.5, 0.6) is 0 Å². The third-order valence-corrected chi connectivity index (χ3v) is 5.25. The first kappa shape index (κ1) is 16.2. The first-order valence-corrected chi connectivity index (χ1v) is 8.22. The van der Waals surface area contributed by atoms with Crippen LogP contribution in [0.4, 0.5) is 0 Å². The molecule has 0 spiro atoms. The number of fused-ring (bicyclic) bond motifs is 3. The lowest BCUT2D eigenvalue weighted by Gasteiger charge is -2.47. The molecule has 2 aromatic rings. The number of rotatable bonds is 3. The number of ketones is 1. The highest BCUT2D eigenvalue weighted by Gasteiger charge is 2.45. The van der Waals surface area contributed by atoms with E-state index in [1.54, 1.807) is 0 Å². The Hall–Kier alpha value is -1.64. The highest BCUT2D eigenvalue weighted by atomic mass is 35.5. The smallest absolute Gasteiger partial charge is 0.154 e. The van der Waals surface area contributed by atoms with Gasteiger partial charge in [0.2, 0.25) is 0 Å². The molecule has 0 aromatic heterocycles. The van der Waals surface area contributed by atoms with Crippen molar-refractivity contribution in [2.75, 3.05) is 13.1 Å². The van der Waals surface area contributed by atoms with E-state index in [1.165, 1.54) is 11.1 Å². The molecule has 2 nitrogen and oxygen atoms in total. The summed E-state index contributed by atoms with van der Waals surface area (Å²) < 4.78 is 0. The van der Waals surface area contributed by atoms with Crippen LogP contribution in [0.1, 0.15) is 29.9 Å². The normalized spacial score (nSPS) is 26.1. The van der Waals surface area contributed by atoms with Crippen LogP contribution in [0.15, 0.2) is 60.7 Å². The Balaban J connectivity index is 0.00000156. The van der Waals surface area contributed by atoms with E-state index in [9.17, 15) is 4.79 Å². The zero-order chi connectivity index (χ0) is 14.9. The summed E-state index contributed by atoms with van der Waals surface area (Å²) in [7, 11) is 0. The standard InChI is InChI=1S/C20H21NO.ClH/c22-20-17-11-13-21(14-12-17)19(20)18(15-7-3-1-4-8-15)16-9-5-2-6-10-16;/h1-10,17-19H,11-14H2;1H. The maximum absolute atomic E-state index is 12.9. The molecule has 3 saturated heterocycles. The van der Waals surface area contributed by atoms with Gasteiger partial charge < -0.3 is 0 Å². The molecule has 2 aromatic carbocycles. The van der Waals surface area contributed by atoms with Crippen LogP contribution in [-0.2, 0) is 4.79 Å². The number of Topliss-reactive ketones (excluding diaryl/α,β-unsaturated/α-hetero) is 1. The Morgan fingerprint density at radius 2 is 1.30 bits per heavy atom. The third-order valence-electron chi connectivity index (χ3n) is 5.25. The van der Waals surface area contributed by atoms with E-state index < -0.39 is 0 Å². The maximum atomic E-state index is 12.9. The largest absolute Gasteiger partial charge is 0.298 e. The van der Waals surface area contributed by atoms with Crippen molar-refractivity contribution in [3.05, 3.63) is 71.8 Å². The minimum atomic E-state index is 0. The molecule has 3 aliphatic rings. The Bertz CT molecular complexity index is 610. The van der Waals surface area contributed by atoms with Crippen molar-refractivity contribution in [1.82, 2.24) is 4.90 Å². The Morgan fingerprint density at radius 3 is 1.74 bits per heavy atom. The average Bonchev–Trinajstić information content (AvgIpc) is 2.60. The van der Waals surface area contributed by atoms with Crippen molar-refractivity contribution in [2.45, 2.75) is 24.8 Å². The fourth-order valence-electron chi connectivity index (χ4n) is 4.14. The number of hydrogen-bond donors (Lipinski definition) is 0. The van der Waals surface area contributed by atoms with Crippen molar-refractivity contribution in [2.24, 2.45) is 5.92 Å². The molecule has 23 heavy (non-hydrogen) atoms. The van der Waals surface area contributed by atoms with Crippen LogP contribution in [0.2, 0.25) is 0 Å². The van der Waals surface area contributed by atoms with Gasteiger partial charge in [-0.05, 0) is 37.1 Å². The van der Waals surface area contributed by atoms with Crippen LogP contribution >= 0.6 is 12.4 Å². The summed E-state index contributed by atoms with van der Waals surface area (Å²) in [5, 5.41) is 0. The molecular weight excluding hydrogens is 306 g/mol. The lowest BCUT2D eigenvalue weighted by atomic mass is 9.73. The minimum Gasteiger partial charge on any atom is -0.298 e. The summed E-state index contributed by atoms with van der Waals surface area (Å²) in [5.41, 5.74) is 2.50. The van der Waals surface area contributed by atoms with Gasteiger partial charge in [-0.25, -0.2) is 0 Å². The summed E-state index contributed by atoms with van der Waals surface area (Å²) in [6.45, 7) is 2.13. The van der Waals surface area contributed by atoms with Gasteiger partial charge in [-0.3, -0.25) is 9.69 Å². The van der Waals surface area contributed by atoms with Gasteiger partial charge in [0.15, 0.2) is 5.78 Å². The van der Waals surface area contributed by atoms with E-state index in [1.807, 2.05) is 12.1 Å². The van der Waals surface area contributed by atoms with Crippen LogP contribution in [0.3, 0.4) is 0 Å². The summed E-state index contributed by atoms with van der Waals surface area (Å²) in [6, 6.07) is 21.0. The van der Waals surface area contributed by atoms with Crippen LogP contribution in [0, 0.1) is 5.92 Å². The van der Waals surface area contributed by atoms with Gasteiger partial charge >= 0.3 is 0 Å². The maximum Gasteiger partial charge on any atom is 0.154 e. The van der Waals surface area contributed by atoms with E-state index in [0.29, 0.717) is 5.78 Å². The van der Waals surface area contributed by atoms with E-state index in [2.05, 4.69) is 53.4 Å². The zero-order valence-corrected chi connectivity index (χ0v) is 13.9. The van der Waals surface area contributed by atoms with Crippen molar-refractivity contribution >= 4 is 18.2 Å². The molecule has 1 unspecified atom stereocenters. The van der Waals surface area contributed by atoms with Gasteiger partial charge in [0.25, 0.3) is 0 Å². The lowest BCUT2D eigenvalue weighted by molar-refractivity contribution is -0.137. The molecule has 0 aliphatic carbocycles. The van der Waals surface area contributed by atoms with Crippen LogP contribution < -0.4 is 0 Å². The fraction of sp³-hybridized carbons (Fsp3) is 0.350. The molecular formula is C20H22ClNO. The molecule has 5 rings (SSSR count). The van der Waals surface area contributed by atoms with E-state index >= 15 is 0 Å². The summed E-state index contributed by atoms with van der Waals surface area (Å²) >= 11 is 0. The molecule has 0 N–H and O–H groups in total. The predicted molar refractivity (Wildman–Crippen MR) is 95.1 cm³/mol. The summed E-state index contributed by atoms with van der Waals surface area (Å²) in [5.74, 6) is 0.887. The molecule has 3 heterocycles. The van der Waals surface area contributed by atoms with E-state index in [4.69, 9.17) is 0 Å². The number of hydrogen-bond acceptors (Lipinski definition) is 2. The van der Waals surface area contributed by atoms with Crippen molar-refractivity contribution < 1.29 is 4.79 Å². The monoisotopic (exact) mass is 327 g/mol. The number of benzene rings is 2. The van der Waals surface area contributed by atoms with E-state index in [0.717, 1.165) is 25.9 Å². The van der Waals surface area contributed by atoms with Gasteiger partial charge in [-0.2, -0.15) is 0 Å². The summed E-state index contributed by atoms with van der Waals surface area (Å²) in [6.07, 6.45) is 2.09. The molecule has 3 heteroatoms. The number of piperidine rings is 3. The number of nitrogens with zero attached hydrogens (tertiary/aromatic N) is 1. The minimum absolute atomic E-state index is 0. The Morgan fingerprint density at radius 1 is 0.826 bits per heavy atom.